The summed E-state index contributed by atoms with van der Waals surface area (Å²) in [5, 5.41) is 0.384. The number of allylic oxidation sites excluding steroid dienone is 5. The van der Waals surface area contributed by atoms with Gasteiger partial charge in [0.15, 0.2) is 0 Å². The first-order valence-corrected chi connectivity index (χ1v) is 14.3. The van der Waals surface area contributed by atoms with Gasteiger partial charge in [0.2, 0.25) is 0 Å². The molecule has 2 aromatic carbocycles. The number of para-hydroxylation sites is 1. The molecule has 218 valence electrons. The van der Waals surface area contributed by atoms with E-state index in [0.29, 0.717) is 42.4 Å². The zero-order valence-electron chi connectivity index (χ0n) is 24.4. The number of amides is 1. The number of benzene rings is 2. The van der Waals surface area contributed by atoms with Gasteiger partial charge in [-0.25, -0.2) is 9.18 Å². The van der Waals surface area contributed by atoms with E-state index in [1.165, 1.54) is 16.7 Å². The molecule has 1 aliphatic heterocycles. The highest BCUT2D eigenvalue weighted by Gasteiger charge is 2.27. The summed E-state index contributed by atoms with van der Waals surface area (Å²) >= 11 is 0. The zero-order chi connectivity index (χ0) is 29.8. The van der Waals surface area contributed by atoms with Crippen molar-refractivity contribution in [3.05, 3.63) is 116 Å². The van der Waals surface area contributed by atoms with Crippen LogP contribution in [0.25, 0.3) is 10.9 Å². The number of hydrogen-bond donors (Lipinski definition) is 1. The van der Waals surface area contributed by atoms with Gasteiger partial charge >= 0.3 is 5.69 Å². The summed E-state index contributed by atoms with van der Waals surface area (Å²) in [5.74, 6) is -0.101. The third kappa shape index (κ3) is 8.16. The van der Waals surface area contributed by atoms with E-state index in [9.17, 15) is 18.8 Å². The molecule has 1 aliphatic carbocycles. The number of ether oxygens (including phenoxy) is 1. The van der Waals surface area contributed by atoms with Crippen LogP contribution >= 0.6 is 0 Å². The van der Waals surface area contributed by atoms with E-state index in [0.717, 1.165) is 18.6 Å². The Kier molecular flexibility index (Phi) is 11.9. The van der Waals surface area contributed by atoms with Crippen LogP contribution in [0.15, 0.2) is 88.2 Å². The Hall–Kier alpha value is -4.20. The van der Waals surface area contributed by atoms with Crippen molar-refractivity contribution in [1.82, 2.24) is 14.5 Å². The first-order chi connectivity index (χ1) is 19.9. The number of aromatic nitrogens is 2. The Morgan fingerprint density at radius 1 is 1.05 bits per heavy atom. The standard InChI is InChI=1S/C27H26FN3O4.C4H8.C2H6/c28-23-11-10-18(17-31-24-9-5-4-8-21(24)25(32)29-27(31)34)16-22(23)26(33)30-14-12-20(13-15-30)35-19-6-2-1-3-7-19;1-3-4-2;1-2/h2,4-11,16,20H,1,3,12-15,17H2,(H,29,32,34);3-4H,1-2H3;1-2H3/b;4-3-;. The van der Waals surface area contributed by atoms with Crippen LogP contribution in [-0.2, 0) is 11.3 Å². The van der Waals surface area contributed by atoms with Gasteiger partial charge in [0.25, 0.3) is 11.5 Å². The van der Waals surface area contributed by atoms with Gasteiger partial charge in [0, 0.05) is 25.9 Å². The topological polar surface area (TPSA) is 84.4 Å². The summed E-state index contributed by atoms with van der Waals surface area (Å²) in [6.07, 6.45) is 13.5. The summed E-state index contributed by atoms with van der Waals surface area (Å²) in [5.41, 5.74) is 0.0178. The fourth-order valence-electron chi connectivity index (χ4n) is 4.63. The molecule has 2 aliphatic rings. The molecular weight excluding hydrogens is 521 g/mol. The van der Waals surface area contributed by atoms with Crippen molar-refractivity contribution in [2.75, 3.05) is 13.1 Å². The van der Waals surface area contributed by atoms with E-state index in [4.69, 9.17) is 4.74 Å². The average Bonchev–Trinajstić information content (AvgIpc) is 3.01. The molecule has 0 spiro atoms. The number of H-pyrrole nitrogens is 1. The molecule has 7 nitrogen and oxygen atoms in total. The fourth-order valence-corrected chi connectivity index (χ4v) is 4.63. The van der Waals surface area contributed by atoms with Crippen molar-refractivity contribution in [1.29, 1.82) is 0 Å². The SMILES string of the molecule is C/C=C\C.CC.O=C(c1cc(Cn2c(=O)[nH]c(=O)c3ccccc32)ccc1F)N1CCC(OC2=CCCC=C2)CC1. The van der Waals surface area contributed by atoms with Gasteiger partial charge in [0.05, 0.1) is 23.0 Å². The lowest BCUT2D eigenvalue weighted by Gasteiger charge is -2.32. The number of rotatable bonds is 5. The van der Waals surface area contributed by atoms with E-state index in [1.54, 1.807) is 35.2 Å². The molecule has 1 N–H and O–H groups in total. The van der Waals surface area contributed by atoms with Crippen LogP contribution in [0.4, 0.5) is 4.39 Å². The molecule has 2 heterocycles. The van der Waals surface area contributed by atoms with Gasteiger partial charge in [-0.2, -0.15) is 0 Å². The minimum atomic E-state index is -0.603. The zero-order valence-corrected chi connectivity index (χ0v) is 24.4. The second kappa shape index (κ2) is 15.6. The lowest BCUT2D eigenvalue weighted by atomic mass is 10.0. The highest BCUT2D eigenvalue weighted by molar-refractivity contribution is 5.94. The molecule has 5 rings (SSSR count). The molecule has 1 fully saturated rings. The van der Waals surface area contributed by atoms with Gasteiger partial charge in [-0.15, -0.1) is 0 Å². The summed E-state index contributed by atoms with van der Waals surface area (Å²) in [7, 11) is 0. The van der Waals surface area contributed by atoms with Crippen LogP contribution in [-0.4, -0.2) is 39.6 Å². The van der Waals surface area contributed by atoms with Gasteiger partial charge in [-0.3, -0.25) is 19.1 Å². The third-order valence-electron chi connectivity index (χ3n) is 6.83. The molecule has 0 bridgehead atoms. The average molecular weight is 562 g/mol. The van der Waals surface area contributed by atoms with E-state index in [2.05, 4.69) is 17.1 Å². The first kappa shape index (κ1) is 31.3. The molecule has 41 heavy (non-hydrogen) atoms. The minimum Gasteiger partial charge on any atom is -0.491 e. The van der Waals surface area contributed by atoms with Crippen LogP contribution in [0.3, 0.4) is 0 Å². The molecule has 1 saturated heterocycles. The van der Waals surface area contributed by atoms with Gasteiger partial charge in [-0.05, 0) is 68.7 Å². The maximum atomic E-state index is 14.7. The number of nitrogens with zero attached hydrogens (tertiary/aromatic N) is 2. The van der Waals surface area contributed by atoms with Crippen molar-refractivity contribution in [3.63, 3.8) is 0 Å². The minimum absolute atomic E-state index is 0.0263. The number of likely N-dealkylation sites (tertiary alicyclic amines) is 1. The molecule has 1 amide bonds. The maximum absolute atomic E-state index is 14.7. The summed E-state index contributed by atoms with van der Waals surface area (Å²) in [6.45, 7) is 9.05. The molecule has 3 aromatic rings. The number of piperidine rings is 1. The van der Waals surface area contributed by atoms with Gasteiger partial charge in [0.1, 0.15) is 17.7 Å². The number of halogens is 1. The van der Waals surface area contributed by atoms with Crippen LogP contribution in [0.1, 0.15) is 69.3 Å². The lowest BCUT2D eigenvalue weighted by Crippen LogP contribution is -2.41. The van der Waals surface area contributed by atoms with Crippen molar-refractivity contribution >= 4 is 16.8 Å². The number of carbonyl (C=O) groups is 1. The largest absolute Gasteiger partial charge is 0.491 e. The van der Waals surface area contributed by atoms with Gasteiger partial charge in [-0.1, -0.05) is 50.3 Å². The number of aromatic amines is 1. The van der Waals surface area contributed by atoms with E-state index in [-0.39, 0.29) is 24.1 Å². The number of hydrogen-bond acceptors (Lipinski definition) is 4. The van der Waals surface area contributed by atoms with Crippen molar-refractivity contribution in [2.45, 2.75) is 66.0 Å². The highest BCUT2D eigenvalue weighted by atomic mass is 19.1. The number of nitrogens with one attached hydrogen (secondary N) is 1. The van der Waals surface area contributed by atoms with Crippen LogP contribution in [0, 0.1) is 5.82 Å². The first-order valence-electron chi connectivity index (χ1n) is 14.3. The van der Waals surface area contributed by atoms with E-state index >= 15 is 0 Å². The van der Waals surface area contributed by atoms with Crippen LogP contribution < -0.4 is 11.2 Å². The molecule has 8 heteroatoms. The Bertz CT molecular complexity index is 1520. The molecular formula is C33H40FN3O4. The monoisotopic (exact) mass is 561 g/mol. The van der Waals surface area contributed by atoms with Gasteiger partial charge < -0.3 is 9.64 Å². The molecule has 0 atom stereocenters. The molecule has 0 radical (unpaired) electrons. The fraction of sp³-hybridized carbons (Fsp3) is 0.364. The second-order valence-electron chi connectivity index (χ2n) is 9.54. The molecule has 0 saturated carbocycles. The van der Waals surface area contributed by atoms with Crippen molar-refractivity contribution in [2.24, 2.45) is 0 Å². The highest BCUT2D eigenvalue weighted by Crippen LogP contribution is 2.22. The summed E-state index contributed by atoms with van der Waals surface area (Å²) in [4.78, 5) is 41.7. The maximum Gasteiger partial charge on any atom is 0.329 e. The summed E-state index contributed by atoms with van der Waals surface area (Å²) in [6, 6.07) is 11.1. The third-order valence-corrected chi connectivity index (χ3v) is 6.83. The second-order valence-corrected chi connectivity index (χ2v) is 9.54. The Labute approximate surface area is 240 Å². The molecule has 1 aromatic heterocycles. The Morgan fingerprint density at radius 2 is 1.76 bits per heavy atom. The predicted octanol–water partition coefficient (Wildman–Crippen LogP) is 6.34. The van der Waals surface area contributed by atoms with E-state index in [1.807, 2.05) is 45.9 Å². The van der Waals surface area contributed by atoms with E-state index < -0.39 is 17.1 Å². The number of fused-ring (bicyclic) bond motifs is 1. The summed E-state index contributed by atoms with van der Waals surface area (Å²) < 4.78 is 22.1. The van der Waals surface area contributed by atoms with Crippen LogP contribution in [0.2, 0.25) is 0 Å². The number of carbonyl (C=O) groups excluding carboxylic acids is 1. The Morgan fingerprint density at radius 3 is 2.41 bits per heavy atom. The van der Waals surface area contributed by atoms with Crippen molar-refractivity contribution in [3.8, 4) is 0 Å². The Balaban J connectivity index is 0.000000710. The lowest BCUT2D eigenvalue weighted by molar-refractivity contribution is 0.0431. The van der Waals surface area contributed by atoms with Crippen molar-refractivity contribution < 1.29 is 13.9 Å². The molecule has 0 unspecified atom stereocenters. The predicted molar refractivity (Wildman–Crippen MR) is 163 cm³/mol. The smallest absolute Gasteiger partial charge is 0.329 e. The van der Waals surface area contributed by atoms with Crippen LogP contribution in [0.5, 0.6) is 0 Å². The quantitative estimate of drug-likeness (QED) is 0.369. The normalized spacial score (nSPS) is 15.0.